The molecule has 0 aliphatic carbocycles. The summed E-state index contributed by atoms with van der Waals surface area (Å²) in [5.74, 6) is -1.34. The molecule has 0 aromatic carbocycles. The molecule has 0 aromatic rings. The standard InChI is InChI=1S/C15H30O6Si/c1-6-18-15(17)14(13(5)16)11-10-12-22(19-7-2,20-8-3)21-9-4/h14H,6-12H2,1-5H3. The van der Waals surface area contributed by atoms with Crippen molar-refractivity contribution in [3.05, 3.63) is 0 Å². The van der Waals surface area contributed by atoms with Crippen molar-refractivity contribution >= 4 is 20.6 Å². The highest BCUT2D eigenvalue weighted by molar-refractivity contribution is 6.60. The first kappa shape index (κ1) is 21.2. The number of hydrogen-bond donors (Lipinski definition) is 0. The van der Waals surface area contributed by atoms with E-state index in [4.69, 9.17) is 18.0 Å². The summed E-state index contributed by atoms with van der Waals surface area (Å²) in [6, 6.07) is 0.589. The van der Waals surface area contributed by atoms with Gasteiger partial charge in [-0.3, -0.25) is 9.59 Å². The Hall–Kier alpha value is -0.763. The van der Waals surface area contributed by atoms with Gasteiger partial charge in [-0.25, -0.2) is 0 Å². The molecule has 0 fully saturated rings. The summed E-state index contributed by atoms with van der Waals surface area (Å²) in [6.45, 7) is 10.7. The Labute approximate surface area is 134 Å². The van der Waals surface area contributed by atoms with Crippen LogP contribution in [0.15, 0.2) is 0 Å². The van der Waals surface area contributed by atoms with Crippen molar-refractivity contribution in [2.75, 3.05) is 26.4 Å². The second-order valence-corrected chi connectivity index (χ2v) is 7.52. The molecule has 0 aromatic heterocycles. The van der Waals surface area contributed by atoms with Crippen molar-refractivity contribution in [3.63, 3.8) is 0 Å². The molecule has 0 N–H and O–H groups in total. The first-order valence-electron chi connectivity index (χ1n) is 8.05. The zero-order valence-corrected chi connectivity index (χ0v) is 15.5. The number of carbonyl (C=O) groups is 2. The molecule has 22 heavy (non-hydrogen) atoms. The number of ketones is 1. The minimum Gasteiger partial charge on any atom is -0.465 e. The molecule has 0 spiro atoms. The summed E-state index contributed by atoms with van der Waals surface area (Å²) < 4.78 is 22.2. The van der Waals surface area contributed by atoms with E-state index >= 15 is 0 Å². The van der Waals surface area contributed by atoms with Crippen LogP contribution >= 0.6 is 0 Å². The maximum absolute atomic E-state index is 11.8. The third-order valence-electron chi connectivity index (χ3n) is 3.13. The molecule has 7 heteroatoms. The Kier molecular flexibility index (Phi) is 11.4. The zero-order valence-electron chi connectivity index (χ0n) is 14.5. The molecule has 0 aliphatic rings. The van der Waals surface area contributed by atoms with Crippen LogP contribution in [0.25, 0.3) is 0 Å². The number of rotatable bonds is 13. The van der Waals surface area contributed by atoms with Crippen LogP contribution in [0.5, 0.6) is 0 Å². The number of esters is 1. The molecule has 130 valence electrons. The Morgan fingerprint density at radius 2 is 1.41 bits per heavy atom. The number of Topliss-reactive ketones (excluding diaryl/α,β-unsaturated/α-hetero) is 1. The lowest BCUT2D eigenvalue weighted by Gasteiger charge is -2.28. The first-order valence-corrected chi connectivity index (χ1v) is 9.98. The van der Waals surface area contributed by atoms with Gasteiger partial charge in [0.15, 0.2) is 0 Å². The first-order chi connectivity index (χ1) is 10.5. The Morgan fingerprint density at radius 1 is 0.909 bits per heavy atom. The average Bonchev–Trinajstić information content (AvgIpc) is 2.44. The monoisotopic (exact) mass is 334 g/mol. The quantitative estimate of drug-likeness (QED) is 0.293. The number of carbonyl (C=O) groups excluding carboxylic acids is 2. The lowest BCUT2D eigenvalue weighted by Crippen LogP contribution is -2.46. The van der Waals surface area contributed by atoms with Crippen LogP contribution in [-0.2, 0) is 27.6 Å². The fraction of sp³-hybridized carbons (Fsp3) is 0.867. The van der Waals surface area contributed by atoms with Crippen molar-refractivity contribution in [1.82, 2.24) is 0 Å². The molecule has 0 rings (SSSR count). The number of ether oxygens (including phenoxy) is 1. The lowest BCUT2D eigenvalue weighted by molar-refractivity contribution is -0.151. The minimum atomic E-state index is -2.71. The van der Waals surface area contributed by atoms with Gasteiger partial charge in [0.1, 0.15) is 11.7 Å². The second-order valence-electron chi connectivity index (χ2n) is 4.79. The van der Waals surface area contributed by atoms with Crippen molar-refractivity contribution in [2.45, 2.75) is 53.5 Å². The van der Waals surface area contributed by atoms with Crippen LogP contribution < -0.4 is 0 Å². The van der Waals surface area contributed by atoms with Crippen LogP contribution in [0.2, 0.25) is 6.04 Å². The molecule has 1 atom stereocenters. The van der Waals surface area contributed by atoms with Crippen molar-refractivity contribution < 1.29 is 27.6 Å². The van der Waals surface area contributed by atoms with E-state index in [-0.39, 0.29) is 12.4 Å². The SMILES string of the molecule is CCOC(=O)C(CCC[Si](OCC)(OCC)OCC)C(C)=O. The van der Waals surface area contributed by atoms with Gasteiger partial charge in [0.05, 0.1) is 6.61 Å². The van der Waals surface area contributed by atoms with Gasteiger partial charge < -0.3 is 18.0 Å². The van der Waals surface area contributed by atoms with Gasteiger partial charge in [-0.2, -0.15) is 0 Å². The van der Waals surface area contributed by atoms with E-state index in [2.05, 4.69) is 0 Å². The van der Waals surface area contributed by atoms with E-state index in [1.54, 1.807) is 6.92 Å². The van der Waals surface area contributed by atoms with E-state index in [0.717, 1.165) is 0 Å². The smallest absolute Gasteiger partial charge is 0.465 e. The molecular weight excluding hydrogens is 304 g/mol. The fourth-order valence-electron chi connectivity index (χ4n) is 2.25. The molecule has 0 radical (unpaired) electrons. The van der Waals surface area contributed by atoms with E-state index in [9.17, 15) is 9.59 Å². The largest absolute Gasteiger partial charge is 0.500 e. The zero-order chi connectivity index (χ0) is 17.0. The van der Waals surface area contributed by atoms with Gasteiger partial charge in [-0.05, 0) is 47.5 Å². The highest BCUT2D eigenvalue weighted by Gasteiger charge is 2.40. The average molecular weight is 334 g/mol. The minimum absolute atomic E-state index is 0.171. The Balaban J connectivity index is 4.67. The van der Waals surface area contributed by atoms with Crippen LogP contribution in [-0.4, -0.2) is 47.0 Å². The van der Waals surface area contributed by atoms with Crippen LogP contribution in [0.4, 0.5) is 0 Å². The molecule has 0 saturated carbocycles. The molecule has 0 saturated heterocycles. The third-order valence-corrected chi connectivity index (χ3v) is 6.28. The predicted molar refractivity (Wildman–Crippen MR) is 85.5 cm³/mol. The lowest BCUT2D eigenvalue weighted by atomic mass is 10.00. The highest BCUT2D eigenvalue weighted by atomic mass is 28.4. The van der Waals surface area contributed by atoms with Crippen LogP contribution in [0.3, 0.4) is 0 Å². The fourth-order valence-corrected chi connectivity index (χ4v) is 4.89. The Bertz CT molecular complexity index is 317. The maximum atomic E-state index is 11.8. The van der Waals surface area contributed by atoms with Crippen molar-refractivity contribution in [2.24, 2.45) is 5.92 Å². The van der Waals surface area contributed by atoms with Gasteiger partial charge in [-0.1, -0.05) is 0 Å². The summed E-state index contributed by atoms with van der Waals surface area (Å²) in [7, 11) is -2.71. The highest BCUT2D eigenvalue weighted by Crippen LogP contribution is 2.22. The number of hydrogen-bond acceptors (Lipinski definition) is 6. The van der Waals surface area contributed by atoms with E-state index in [1.807, 2.05) is 20.8 Å². The van der Waals surface area contributed by atoms with Gasteiger partial charge in [0.2, 0.25) is 0 Å². The summed E-state index contributed by atoms with van der Waals surface area (Å²) in [5, 5.41) is 0. The summed E-state index contributed by atoms with van der Waals surface area (Å²) >= 11 is 0. The predicted octanol–water partition coefficient (Wildman–Crippen LogP) is 2.58. The molecule has 0 bridgehead atoms. The topological polar surface area (TPSA) is 71.1 Å². The van der Waals surface area contributed by atoms with Gasteiger partial charge in [-0.15, -0.1) is 0 Å². The Morgan fingerprint density at radius 3 is 1.77 bits per heavy atom. The van der Waals surface area contributed by atoms with E-state index < -0.39 is 20.7 Å². The van der Waals surface area contributed by atoms with E-state index in [0.29, 0.717) is 38.7 Å². The summed E-state index contributed by atoms with van der Waals surface area (Å²) in [6.07, 6.45) is 1.05. The molecule has 6 nitrogen and oxygen atoms in total. The molecule has 0 aliphatic heterocycles. The second kappa shape index (κ2) is 11.8. The van der Waals surface area contributed by atoms with Gasteiger partial charge in [0.25, 0.3) is 0 Å². The molecule has 1 unspecified atom stereocenters. The van der Waals surface area contributed by atoms with Gasteiger partial charge >= 0.3 is 14.8 Å². The molecular formula is C15H30O6Si. The summed E-state index contributed by atoms with van der Waals surface area (Å²) in [4.78, 5) is 23.4. The maximum Gasteiger partial charge on any atom is 0.500 e. The van der Waals surface area contributed by atoms with Crippen LogP contribution in [0, 0.1) is 5.92 Å². The molecule has 0 amide bonds. The molecule has 0 heterocycles. The van der Waals surface area contributed by atoms with Crippen molar-refractivity contribution in [3.8, 4) is 0 Å². The normalized spacial score (nSPS) is 13.0. The third kappa shape index (κ3) is 7.48. The van der Waals surface area contributed by atoms with Gasteiger partial charge in [0, 0.05) is 25.9 Å². The summed E-state index contributed by atoms with van der Waals surface area (Å²) in [5.41, 5.74) is 0. The van der Waals surface area contributed by atoms with Crippen molar-refractivity contribution in [1.29, 1.82) is 0 Å². The van der Waals surface area contributed by atoms with E-state index in [1.165, 1.54) is 6.92 Å². The van der Waals surface area contributed by atoms with Crippen LogP contribution in [0.1, 0.15) is 47.5 Å².